The van der Waals surface area contributed by atoms with Crippen molar-refractivity contribution in [1.82, 2.24) is 14.5 Å². The predicted octanol–water partition coefficient (Wildman–Crippen LogP) is 2.48. The van der Waals surface area contributed by atoms with E-state index in [0.29, 0.717) is 0 Å². The fraction of sp³-hybridized carbons (Fsp3) is 0.125. The highest BCUT2D eigenvalue weighted by atomic mass is 19.1. The van der Waals surface area contributed by atoms with E-state index in [-0.39, 0.29) is 28.0 Å². The molecule has 23 heavy (non-hydrogen) atoms. The van der Waals surface area contributed by atoms with Crippen molar-refractivity contribution in [3.8, 4) is 11.5 Å². The van der Waals surface area contributed by atoms with Crippen LogP contribution in [-0.4, -0.2) is 20.3 Å². The number of aromatic nitrogens is 3. The van der Waals surface area contributed by atoms with Crippen LogP contribution >= 0.6 is 0 Å². The van der Waals surface area contributed by atoms with E-state index in [4.69, 9.17) is 1.37 Å². The maximum atomic E-state index is 13.7. The van der Waals surface area contributed by atoms with Gasteiger partial charge in [0.1, 0.15) is 17.3 Å². The third-order valence-electron chi connectivity index (χ3n) is 3.36. The molecule has 5 nitrogen and oxygen atoms in total. The Morgan fingerprint density at radius 1 is 1.26 bits per heavy atom. The first-order valence-corrected chi connectivity index (χ1v) is 6.58. The molecule has 0 bridgehead atoms. The summed E-state index contributed by atoms with van der Waals surface area (Å²) in [7, 11) is -0.484. The number of hydrogen-bond donors (Lipinski definition) is 0. The first-order valence-electron chi connectivity index (χ1n) is 7.29. The molecule has 2 aromatic heterocycles. The fourth-order valence-corrected chi connectivity index (χ4v) is 2.26. The van der Waals surface area contributed by atoms with Crippen molar-refractivity contribution in [2.45, 2.75) is 6.92 Å². The zero-order valence-corrected chi connectivity index (χ0v) is 12.0. The smallest absolute Gasteiger partial charge is 0.261 e. The van der Waals surface area contributed by atoms with Crippen LogP contribution in [0.4, 0.5) is 8.78 Å². The molecule has 3 rings (SSSR count). The SMILES string of the molecule is [2H]Cn1c(-c2ccc(F)cn2)nc2c(C(C)=O)cc(F)cc2c1=O. The number of benzene rings is 1. The van der Waals surface area contributed by atoms with Gasteiger partial charge in [-0.25, -0.2) is 18.7 Å². The van der Waals surface area contributed by atoms with Gasteiger partial charge in [0.05, 0.1) is 17.1 Å². The zero-order valence-electron chi connectivity index (χ0n) is 13.0. The maximum Gasteiger partial charge on any atom is 0.261 e. The van der Waals surface area contributed by atoms with Gasteiger partial charge in [-0.2, -0.15) is 0 Å². The number of ketones is 1. The Balaban J connectivity index is 2.44. The van der Waals surface area contributed by atoms with Crippen LogP contribution in [0, 0.1) is 11.6 Å². The second-order valence-corrected chi connectivity index (χ2v) is 4.94. The Morgan fingerprint density at radius 2 is 2.04 bits per heavy atom. The molecule has 0 radical (unpaired) electrons. The monoisotopic (exact) mass is 316 g/mol. The summed E-state index contributed by atoms with van der Waals surface area (Å²) in [5.41, 5.74) is -0.512. The molecule has 0 aliphatic rings. The van der Waals surface area contributed by atoms with Crippen LogP contribution in [0.5, 0.6) is 0 Å². The van der Waals surface area contributed by atoms with Crippen molar-refractivity contribution >= 4 is 16.7 Å². The number of pyridine rings is 1. The lowest BCUT2D eigenvalue weighted by Gasteiger charge is -2.10. The van der Waals surface area contributed by atoms with E-state index >= 15 is 0 Å². The summed E-state index contributed by atoms with van der Waals surface area (Å²) in [4.78, 5) is 32.4. The summed E-state index contributed by atoms with van der Waals surface area (Å²) in [6.07, 6.45) is 0.955. The highest BCUT2D eigenvalue weighted by Crippen LogP contribution is 2.21. The van der Waals surface area contributed by atoms with Gasteiger partial charge < -0.3 is 0 Å². The van der Waals surface area contributed by atoms with E-state index < -0.39 is 30.0 Å². The number of carbonyl (C=O) groups excluding carboxylic acids is 1. The molecular weight excluding hydrogens is 304 g/mol. The minimum Gasteiger partial charge on any atom is -0.294 e. The molecule has 0 fully saturated rings. The average Bonchev–Trinajstić information content (AvgIpc) is 2.55. The molecule has 0 amide bonds. The van der Waals surface area contributed by atoms with E-state index in [1.807, 2.05) is 0 Å². The van der Waals surface area contributed by atoms with Gasteiger partial charge in [0.2, 0.25) is 0 Å². The van der Waals surface area contributed by atoms with Gasteiger partial charge in [-0.15, -0.1) is 0 Å². The van der Waals surface area contributed by atoms with E-state index in [1.54, 1.807) is 0 Å². The van der Waals surface area contributed by atoms with E-state index in [9.17, 15) is 18.4 Å². The zero-order chi connectivity index (χ0) is 17.4. The van der Waals surface area contributed by atoms with Crippen molar-refractivity contribution in [3.63, 3.8) is 0 Å². The van der Waals surface area contributed by atoms with Crippen LogP contribution in [0.2, 0.25) is 0 Å². The maximum absolute atomic E-state index is 13.7. The number of rotatable bonds is 2. The van der Waals surface area contributed by atoms with Crippen molar-refractivity contribution < 1.29 is 14.9 Å². The lowest BCUT2D eigenvalue weighted by atomic mass is 10.1. The summed E-state index contributed by atoms with van der Waals surface area (Å²) in [5.74, 6) is -1.74. The first-order chi connectivity index (χ1) is 11.4. The van der Waals surface area contributed by atoms with Gasteiger partial charge in [-0.05, 0) is 31.2 Å². The summed E-state index contributed by atoms with van der Waals surface area (Å²) in [6, 6.07) is 4.44. The molecule has 0 spiro atoms. The number of carbonyl (C=O) groups is 1. The largest absolute Gasteiger partial charge is 0.294 e. The molecule has 116 valence electrons. The van der Waals surface area contributed by atoms with Gasteiger partial charge in [0.15, 0.2) is 11.6 Å². The second-order valence-electron chi connectivity index (χ2n) is 4.94. The van der Waals surface area contributed by atoms with E-state index in [2.05, 4.69) is 9.97 Å². The Bertz CT molecular complexity index is 1020. The third-order valence-corrected chi connectivity index (χ3v) is 3.36. The van der Waals surface area contributed by atoms with Crippen LogP contribution in [0.1, 0.15) is 18.7 Å². The number of hydrogen-bond acceptors (Lipinski definition) is 4. The molecule has 0 unspecified atom stereocenters. The highest BCUT2D eigenvalue weighted by Gasteiger charge is 2.17. The molecular formula is C16H11F2N3O2. The standard InChI is InChI=1S/C16H11F2N3O2/c1-8(22)11-5-10(18)6-12-14(11)20-15(21(2)16(12)23)13-4-3-9(17)7-19-13/h3-7H,1-2H3/i2D. The van der Waals surface area contributed by atoms with Crippen LogP contribution in [0.3, 0.4) is 0 Å². The second kappa shape index (κ2) is 5.35. The number of halogens is 2. The summed E-state index contributed by atoms with van der Waals surface area (Å²) < 4.78 is 35.3. The minimum absolute atomic E-state index is 0.0107. The Labute approximate surface area is 130 Å². The molecule has 0 saturated carbocycles. The Kier molecular flexibility index (Phi) is 3.18. The lowest BCUT2D eigenvalue weighted by Crippen LogP contribution is -2.21. The minimum atomic E-state index is -0.740. The van der Waals surface area contributed by atoms with Gasteiger partial charge in [-0.1, -0.05) is 0 Å². The molecule has 0 saturated heterocycles. The van der Waals surface area contributed by atoms with E-state index in [0.717, 1.165) is 29.0 Å². The Hall–Kier alpha value is -2.96. The van der Waals surface area contributed by atoms with Crippen molar-refractivity contribution in [2.75, 3.05) is 0 Å². The average molecular weight is 316 g/mol. The molecule has 0 aliphatic carbocycles. The molecule has 0 N–H and O–H groups in total. The predicted molar refractivity (Wildman–Crippen MR) is 80.1 cm³/mol. The van der Waals surface area contributed by atoms with Gasteiger partial charge in [-0.3, -0.25) is 14.2 Å². The van der Waals surface area contributed by atoms with Crippen LogP contribution in [-0.2, 0) is 7.02 Å². The Morgan fingerprint density at radius 3 is 2.65 bits per heavy atom. The summed E-state index contributed by atoms with van der Waals surface area (Å²) in [6.45, 7) is 1.24. The summed E-state index contributed by atoms with van der Waals surface area (Å²) >= 11 is 0. The molecule has 0 atom stereocenters. The van der Waals surface area contributed by atoms with Crippen molar-refractivity contribution in [3.05, 3.63) is 58.0 Å². The quantitative estimate of drug-likeness (QED) is 0.681. The van der Waals surface area contributed by atoms with Crippen LogP contribution in [0.15, 0.2) is 35.3 Å². The van der Waals surface area contributed by atoms with Crippen LogP contribution in [0.25, 0.3) is 22.4 Å². The molecule has 3 aromatic rings. The number of nitrogens with zero attached hydrogens (tertiary/aromatic N) is 3. The normalized spacial score (nSPS) is 11.5. The van der Waals surface area contributed by atoms with Gasteiger partial charge >= 0.3 is 0 Å². The number of fused-ring (bicyclic) bond motifs is 1. The lowest BCUT2D eigenvalue weighted by molar-refractivity contribution is 0.101. The first kappa shape index (κ1) is 13.7. The molecule has 7 heteroatoms. The summed E-state index contributed by atoms with van der Waals surface area (Å²) in [5, 5.41) is -0.0988. The van der Waals surface area contributed by atoms with Crippen LogP contribution < -0.4 is 5.56 Å². The van der Waals surface area contributed by atoms with Crippen molar-refractivity contribution in [1.29, 1.82) is 0 Å². The fourth-order valence-electron chi connectivity index (χ4n) is 2.26. The van der Waals surface area contributed by atoms with E-state index in [1.165, 1.54) is 13.0 Å². The highest BCUT2D eigenvalue weighted by molar-refractivity contribution is 6.05. The number of Topliss-reactive ketones (excluding diaryl/α,β-unsaturated/α-hetero) is 1. The molecule has 1 aromatic carbocycles. The molecule has 2 heterocycles. The topological polar surface area (TPSA) is 64.8 Å². The van der Waals surface area contributed by atoms with Gasteiger partial charge in [0, 0.05) is 14.0 Å². The van der Waals surface area contributed by atoms with Gasteiger partial charge in [0.25, 0.3) is 5.56 Å². The third kappa shape index (κ3) is 2.50. The molecule has 0 aliphatic heterocycles. The van der Waals surface area contributed by atoms with Crippen molar-refractivity contribution in [2.24, 2.45) is 7.02 Å².